The van der Waals surface area contributed by atoms with Crippen LogP contribution in [0, 0.1) is 0 Å². The maximum absolute atomic E-state index is 12.7. The molecule has 0 aliphatic carbocycles. The Hall–Kier alpha value is -2.03. The van der Waals surface area contributed by atoms with E-state index < -0.39 is 32.5 Å². The lowest BCUT2D eigenvalue weighted by molar-refractivity contribution is -0.870. The quantitative estimate of drug-likeness (QED) is 0.0198. The molecule has 0 heterocycles. The minimum absolute atomic E-state index is 0.0416. The number of carbonyl (C=O) groups is 2. The van der Waals surface area contributed by atoms with Gasteiger partial charge in [0.15, 0.2) is 6.10 Å². The predicted molar refractivity (Wildman–Crippen MR) is 231 cm³/mol. The molecule has 0 spiro atoms. The van der Waals surface area contributed by atoms with Crippen LogP contribution in [0.1, 0.15) is 181 Å². The minimum atomic E-state index is -4.64. The summed E-state index contributed by atoms with van der Waals surface area (Å²) in [6.45, 7) is 6.28. The van der Waals surface area contributed by atoms with Crippen LogP contribution in [0.4, 0.5) is 0 Å². The van der Waals surface area contributed by atoms with Gasteiger partial charge in [-0.1, -0.05) is 165 Å². The number of nitrogens with zero attached hydrogens (tertiary/aromatic N) is 1. The molecule has 1 unspecified atom stereocenters. The van der Waals surface area contributed by atoms with Crippen LogP contribution < -0.4 is 4.89 Å². The number of esters is 2. The van der Waals surface area contributed by atoms with Gasteiger partial charge in [0.1, 0.15) is 19.8 Å². The number of allylic oxidation sites excluding steroid dienone is 8. The summed E-state index contributed by atoms with van der Waals surface area (Å²) in [6, 6.07) is 0. The van der Waals surface area contributed by atoms with Crippen LogP contribution in [-0.2, 0) is 32.7 Å². The maximum atomic E-state index is 12.7. The fourth-order valence-corrected chi connectivity index (χ4v) is 6.54. The molecule has 2 atom stereocenters. The van der Waals surface area contributed by atoms with Crippen LogP contribution >= 0.6 is 7.82 Å². The van der Waals surface area contributed by atoms with Gasteiger partial charge in [0, 0.05) is 12.8 Å². The molecule has 0 N–H and O–H groups in total. The second-order valence-electron chi connectivity index (χ2n) is 16.3. The smallest absolute Gasteiger partial charge is 0.306 e. The Kier molecular flexibility index (Phi) is 35.9. The molecular formula is C46H84NO8P. The zero-order chi connectivity index (χ0) is 41.6. The largest absolute Gasteiger partial charge is 0.756 e. The van der Waals surface area contributed by atoms with E-state index in [0.29, 0.717) is 23.9 Å². The van der Waals surface area contributed by atoms with Gasteiger partial charge < -0.3 is 27.9 Å². The molecule has 0 aromatic carbocycles. The van der Waals surface area contributed by atoms with Gasteiger partial charge in [0.05, 0.1) is 27.7 Å². The Morgan fingerprint density at radius 1 is 0.625 bits per heavy atom. The minimum Gasteiger partial charge on any atom is -0.756 e. The summed E-state index contributed by atoms with van der Waals surface area (Å²) in [7, 11) is 1.13. The van der Waals surface area contributed by atoms with Crippen LogP contribution in [-0.4, -0.2) is 70.0 Å². The van der Waals surface area contributed by atoms with Gasteiger partial charge in [-0.15, -0.1) is 0 Å². The molecule has 0 aliphatic heterocycles. The van der Waals surface area contributed by atoms with E-state index in [9.17, 15) is 19.0 Å². The highest BCUT2D eigenvalue weighted by Gasteiger charge is 2.21. The van der Waals surface area contributed by atoms with Crippen molar-refractivity contribution in [3.8, 4) is 0 Å². The number of ether oxygens (including phenoxy) is 2. The molecule has 0 amide bonds. The molecule has 56 heavy (non-hydrogen) atoms. The summed E-state index contributed by atoms with van der Waals surface area (Å²) < 4.78 is 33.9. The molecule has 0 saturated heterocycles. The van der Waals surface area contributed by atoms with E-state index in [1.165, 1.54) is 95.5 Å². The fourth-order valence-electron chi connectivity index (χ4n) is 5.81. The number of hydrogen-bond donors (Lipinski definition) is 0. The van der Waals surface area contributed by atoms with Crippen molar-refractivity contribution < 1.29 is 42.1 Å². The Morgan fingerprint density at radius 3 is 1.73 bits per heavy atom. The molecule has 0 fully saturated rings. The van der Waals surface area contributed by atoms with Crippen molar-refractivity contribution in [1.29, 1.82) is 0 Å². The van der Waals surface area contributed by atoms with Gasteiger partial charge in [-0.05, 0) is 51.9 Å². The monoisotopic (exact) mass is 810 g/mol. The third-order valence-corrected chi connectivity index (χ3v) is 10.4. The molecule has 9 nitrogen and oxygen atoms in total. The number of quaternary nitrogens is 1. The van der Waals surface area contributed by atoms with Crippen LogP contribution in [0.3, 0.4) is 0 Å². The van der Waals surface area contributed by atoms with E-state index in [2.05, 4.69) is 57.2 Å². The van der Waals surface area contributed by atoms with Crippen LogP contribution in [0.5, 0.6) is 0 Å². The Morgan fingerprint density at radius 2 is 1.14 bits per heavy atom. The summed E-state index contributed by atoms with van der Waals surface area (Å²) in [5.41, 5.74) is 1.35. The second kappa shape index (κ2) is 37.3. The summed E-state index contributed by atoms with van der Waals surface area (Å²) >= 11 is 0. The number of unbranched alkanes of at least 4 members (excludes halogenated alkanes) is 17. The van der Waals surface area contributed by atoms with Crippen molar-refractivity contribution in [3.63, 3.8) is 0 Å². The van der Waals surface area contributed by atoms with E-state index in [-0.39, 0.29) is 26.1 Å². The third-order valence-electron chi connectivity index (χ3n) is 9.43. The maximum Gasteiger partial charge on any atom is 0.306 e. The van der Waals surface area contributed by atoms with E-state index >= 15 is 0 Å². The van der Waals surface area contributed by atoms with Crippen molar-refractivity contribution in [2.24, 2.45) is 0 Å². The zero-order valence-corrected chi connectivity index (χ0v) is 37.7. The van der Waals surface area contributed by atoms with Gasteiger partial charge in [0.25, 0.3) is 7.82 Å². The first-order valence-corrected chi connectivity index (χ1v) is 23.7. The number of hydrogen-bond acceptors (Lipinski definition) is 8. The normalized spacial score (nSPS) is 14.2. The lowest BCUT2D eigenvalue weighted by Gasteiger charge is -2.28. The Bertz CT molecular complexity index is 1130. The average Bonchev–Trinajstić information content (AvgIpc) is 3.14. The van der Waals surface area contributed by atoms with E-state index in [4.69, 9.17) is 18.5 Å². The van der Waals surface area contributed by atoms with E-state index in [1.807, 2.05) is 27.2 Å². The third kappa shape index (κ3) is 40.2. The SMILES string of the molecule is CCCC/C=C\C/C=C(/C)C/C=C\C/C=C\CCCC(=O)O[C@H](COC(=O)CCCCCCCCCCCCCCCCC)COP(=O)([O-])OCC[N+](C)(C)C. The van der Waals surface area contributed by atoms with E-state index in [0.717, 1.165) is 44.9 Å². The average molecular weight is 810 g/mol. The Balaban J connectivity index is 4.51. The second-order valence-corrected chi connectivity index (χ2v) is 17.7. The van der Waals surface area contributed by atoms with Gasteiger partial charge >= 0.3 is 11.9 Å². The number of likely N-dealkylation sites (N-methyl/N-ethyl adjacent to an activating group) is 1. The molecule has 0 saturated carbocycles. The molecule has 0 aromatic rings. The fraction of sp³-hybridized carbons (Fsp3) is 0.783. The molecule has 10 heteroatoms. The first kappa shape index (κ1) is 54.0. The van der Waals surface area contributed by atoms with Crippen LogP contribution in [0.2, 0.25) is 0 Å². The van der Waals surface area contributed by atoms with E-state index in [1.54, 1.807) is 0 Å². The Labute approximate surface area is 343 Å². The molecular weight excluding hydrogens is 725 g/mol. The highest BCUT2D eigenvalue weighted by atomic mass is 31.2. The summed E-state index contributed by atoms with van der Waals surface area (Å²) in [5, 5.41) is 0. The van der Waals surface area contributed by atoms with Gasteiger partial charge in [0.2, 0.25) is 0 Å². The van der Waals surface area contributed by atoms with Gasteiger partial charge in [-0.25, -0.2) is 0 Å². The van der Waals surface area contributed by atoms with Crippen LogP contribution in [0.15, 0.2) is 48.1 Å². The van der Waals surface area contributed by atoms with Crippen molar-refractivity contribution >= 4 is 19.8 Å². The first-order valence-electron chi connectivity index (χ1n) is 22.2. The van der Waals surface area contributed by atoms with Crippen molar-refractivity contribution in [3.05, 3.63) is 48.1 Å². The van der Waals surface area contributed by atoms with Crippen LogP contribution in [0.25, 0.3) is 0 Å². The number of carbonyl (C=O) groups excluding carboxylic acids is 2. The highest BCUT2D eigenvalue weighted by Crippen LogP contribution is 2.38. The van der Waals surface area contributed by atoms with Crippen molar-refractivity contribution in [2.45, 2.75) is 187 Å². The number of phosphoric acid groups is 1. The molecule has 0 rings (SSSR count). The van der Waals surface area contributed by atoms with Gasteiger partial charge in [-0.3, -0.25) is 14.2 Å². The van der Waals surface area contributed by atoms with Gasteiger partial charge in [-0.2, -0.15) is 0 Å². The molecule has 326 valence electrons. The molecule has 0 aromatic heterocycles. The lowest BCUT2D eigenvalue weighted by Crippen LogP contribution is -2.37. The predicted octanol–water partition coefficient (Wildman–Crippen LogP) is 12.1. The lowest BCUT2D eigenvalue weighted by atomic mass is 10.0. The summed E-state index contributed by atoms with van der Waals surface area (Å²) in [5.74, 6) is -0.898. The first-order chi connectivity index (χ1) is 26.9. The molecule has 0 radical (unpaired) electrons. The van der Waals surface area contributed by atoms with Crippen molar-refractivity contribution in [2.75, 3.05) is 47.5 Å². The highest BCUT2D eigenvalue weighted by molar-refractivity contribution is 7.45. The number of phosphoric ester groups is 1. The summed E-state index contributed by atoms with van der Waals surface area (Å²) in [6.07, 6.45) is 40.9. The molecule has 0 aliphatic rings. The standard InChI is InChI=1S/C46H84NO8P/c1-7-9-11-13-15-16-17-18-19-20-21-22-25-29-33-37-45(48)52-41-44(42-54-56(50,51)53-40-39-47(4,5)6)55-46(49)38-34-30-26-23-24-28-32-36-43(3)35-31-27-14-12-10-8-2/h14,23,26-28,32,35,44H,7-13,15-22,24-25,29-31,33-34,36-42H2,1-6H3/b26-23-,27-14-,32-28-,43-35-/t44-/m1/s1. The number of rotatable bonds is 39. The zero-order valence-electron chi connectivity index (χ0n) is 36.8. The summed E-state index contributed by atoms with van der Waals surface area (Å²) in [4.78, 5) is 37.5. The topological polar surface area (TPSA) is 111 Å². The molecule has 0 bridgehead atoms. The van der Waals surface area contributed by atoms with Crippen molar-refractivity contribution in [1.82, 2.24) is 0 Å².